The Bertz CT molecular complexity index is 798. The highest BCUT2D eigenvalue weighted by Gasteiger charge is 2.37. The van der Waals surface area contributed by atoms with Crippen molar-refractivity contribution in [2.24, 2.45) is 5.92 Å². The molecule has 0 bridgehead atoms. The number of furan rings is 1. The zero-order valence-electron chi connectivity index (χ0n) is 13.2. The molecule has 1 saturated carbocycles. The van der Waals surface area contributed by atoms with Gasteiger partial charge in [-0.05, 0) is 55.2 Å². The molecule has 122 valence electrons. The molecule has 2 N–H and O–H groups in total. The quantitative estimate of drug-likeness (QED) is 0.880. The molecule has 6 heteroatoms. The molecule has 1 aromatic carbocycles. The number of carbonyl (C=O) groups excluding carboxylic acids is 2. The van der Waals surface area contributed by atoms with Crippen molar-refractivity contribution < 1.29 is 14.0 Å². The summed E-state index contributed by atoms with van der Waals surface area (Å²) in [4.78, 5) is 24.2. The largest absolute Gasteiger partial charge is 0.451 e. The van der Waals surface area contributed by atoms with Crippen molar-refractivity contribution in [3.05, 3.63) is 47.7 Å². The van der Waals surface area contributed by atoms with Crippen molar-refractivity contribution >= 4 is 11.8 Å². The van der Waals surface area contributed by atoms with E-state index in [1.54, 1.807) is 43.4 Å². The third-order valence-electron chi connectivity index (χ3n) is 4.04. The lowest BCUT2D eigenvalue weighted by atomic mass is 10.1. The van der Waals surface area contributed by atoms with Gasteiger partial charge in [-0.2, -0.15) is 5.26 Å². The summed E-state index contributed by atoms with van der Waals surface area (Å²) in [6.07, 6.45) is 1.88. The molecule has 2 aromatic rings. The summed E-state index contributed by atoms with van der Waals surface area (Å²) in [6.45, 7) is 0. The van der Waals surface area contributed by atoms with Gasteiger partial charge in [0, 0.05) is 12.6 Å². The molecule has 6 nitrogen and oxygen atoms in total. The molecular formula is C18H17N3O3. The number of hydrogen-bond acceptors (Lipinski definition) is 4. The van der Waals surface area contributed by atoms with Crippen LogP contribution >= 0.6 is 0 Å². The summed E-state index contributed by atoms with van der Waals surface area (Å²) < 4.78 is 5.59. The van der Waals surface area contributed by atoms with Crippen LogP contribution in [0.25, 0.3) is 11.3 Å². The van der Waals surface area contributed by atoms with E-state index in [4.69, 9.17) is 9.68 Å². The molecule has 3 rings (SSSR count). The van der Waals surface area contributed by atoms with Gasteiger partial charge in [0.25, 0.3) is 5.91 Å². The predicted octanol–water partition coefficient (Wildman–Crippen LogP) is 2.07. The number of likely N-dealkylation sites (N-methyl/N-ethyl adjacent to an activating group) is 1. The van der Waals surface area contributed by atoms with Crippen molar-refractivity contribution in [2.75, 3.05) is 7.05 Å². The Morgan fingerprint density at radius 1 is 1.21 bits per heavy atom. The molecule has 0 spiro atoms. The summed E-state index contributed by atoms with van der Waals surface area (Å²) in [6, 6.07) is 11.7. The maximum Gasteiger partial charge on any atom is 0.287 e. The van der Waals surface area contributed by atoms with Crippen LogP contribution in [0.2, 0.25) is 0 Å². The van der Waals surface area contributed by atoms with Crippen molar-refractivity contribution in [3.63, 3.8) is 0 Å². The van der Waals surface area contributed by atoms with Crippen LogP contribution in [0.15, 0.2) is 40.8 Å². The summed E-state index contributed by atoms with van der Waals surface area (Å²) in [5.41, 5.74) is 1.33. The summed E-state index contributed by atoms with van der Waals surface area (Å²) in [5, 5.41) is 14.1. The smallest absolute Gasteiger partial charge is 0.287 e. The first kappa shape index (κ1) is 15.8. The lowest BCUT2D eigenvalue weighted by Gasteiger charge is -2.15. The van der Waals surface area contributed by atoms with Gasteiger partial charge in [0.05, 0.1) is 11.6 Å². The van der Waals surface area contributed by atoms with Gasteiger partial charge >= 0.3 is 0 Å². The van der Waals surface area contributed by atoms with Crippen molar-refractivity contribution in [1.82, 2.24) is 10.6 Å². The molecule has 1 atom stereocenters. The SMILES string of the molecule is CNC(=O)[C@@H](NC(=O)c1ccc(-c2ccc(C#N)cc2)o1)C1CC1. The summed E-state index contributed by atoms with van der Waals surface area (Å²) in [5.74, 6) is 0.290. The molecule has 1 aliphatic rings. The topological polar surface area (TPSA) is 95.1 Å². The number of rotatable bonds is 5. The molecular weight excluding hydrogens is 306 g/mol. The minimum absolute atomic E-state index is 0.156. The predicted molar refractivity (Wildman–Crippen MR) is 86.9 cm³/mol. The van der Waals surface area contributed by atoms with Gasteiger partial charge in [0.1, 0.15) is 11.8 Å². The molecule has 0 radical (unpaired) electrons. The number of nitrogens with one attached hydrogen (secondary N) is 2. The Balaban J connectivity index is 1.73. The van der Waals surface area contributed by atoms with Crippen molar-refractivity contribution in [2.45, 2.75) is 18.9 Å². The van der Waals surface area contributed by atoms with E-state index < -0.39 is 11.9 Å². The highest BCUT2D eigenvalue weighted by molar-refractivity contribution is 5.96. The molecule has 0 unspecified atom stereocenters. The van der Waals surface area contributed by atoms with Gasteiger partial charge in [-0.25, -0.2) is 0 Å². The van der Waals surface area contributed by atoms with Gasteiger partial charge in [0.2, 0.25) is 5.91 Å². The fourth-order valence-electron chi connectivity index (χ4n) is 2.52. The standard InChI is InChI=1S/C18H17N3O3/c1-20-18(23)16(13-6-7-13)21-17(22)15-9-8-14(24-15)12-4-2-11(10-19)3-5-12/h2-5,8-9,13,16H,6-7H2,1H3,(H,20,23)(H,21,22)/t16-/m0/s1. The first-order valence-electron chi connectivity index (χ1n) is 7.75. The summed E-state index contributed by atoms with van der Waals surface area (Å²) in [7, 11) is 1.56. The number of benzene rings is 1. The average molecular weight is 323 g/mol. The van der Waals surface area contributed by atoms with E-state index in [9.17, 15) is 9.59 Å². The summed E-state index contributed by atoms with van der Waals surface area (Å²) >= 11 is 0. The highest BCUT2D eigenvalue weighted by atomic mass is 16.3. The van der Waals surface area contributed by atoms with Crippen LogP contribution in [0.1, 0.15) is 29.0 Å². The van der Waals surface area contributed by atoms with Crippen LogP contribution in [-0.2, 0) is 4.79 Å². The van der Waals surface area contributed by atoms with Crippen LogP contribution in [0.4, 0.5) is 0 Å². The highest BCUT2D eigenvalue weighted by Crippen LogP contribution is 2.33. The fourth-order valence-corrected chi connectivity index (χ4v) is 2.52. The zero-order valence-corrected chi connectivity index (χ0v) is 13.2. The Morgan fingerprint density at radius 3 is 2.50 bits per heavy atom. The molecule has 0 aliphatic heterocycles. The minimum Gasteiger partial charge on any atom is -0.451 e. The first-order chi connectivity index (χ1) is 11.6. The molecule has 1 heterocycles. The second-order valence-electron chi connectivity index (χ2n) is 5.76. The van der Waals surface area contributed by atoms with Crippen LogP contribution in [0.3, 0.4) is 0 Å². The molecule has 1 fully saturated rings. The van der Waals surface area contributed by atoms with E-state index in [1.807, 2.05) is 0 Å². The van der Waals surface area contributed by atoms with E-state index in [0.717, 1.165) is 18.4 Å². The van der Waals surface area contributed by atoms with Gasteiger partial charge in [-0.3, -0.25) is 9.59 Å². The average Bonchev–Trinajstić information content (AvgIpc) is 3.34. The second kappa shape index (κ2) is 6.59. The Morgan fingerprint density at radius 2 is 1.92 bits per heavy atom. The molecule has 1 aliphatic carbocycles. The van der Waals surface area contributed by atoms with Gasteiger partial charge < -0.3 is 15.1 Å². The number of hydrogen-bond donors (Lipinski definition) is 2. The van der Waals surface area contributed by atoms with Gasteiger partial charge in [-0.1, -0.05) is 0 Å². The third kappa shape index (κ3) is 3.30. The lowest BCUT2D eigenvalue weighted by Crippen LogP contribution is -2.47. The maximum absolute atomic E-state index is 12.3. The van der Waals surface area contributed by atoms with E-state index in [-0.39, 0.29) is 17.6 Å². The van der Waals surface area contributed by atoms with Gasteiger partial charge in [-0.15, -0.1) is 0 Å². The van der Waals surface area contributed by atoms with Crippen molar-refractivity contribution in [3.8, 4) is 17.4 Å². The Kier molecular flexibility index (Phi) is 4.34. The molecule has 24 heavy (non-hydrogen) atoms. The normalized spacial score (nSPS) is 14.5. The Hall–Kier alpha value is -3.07. The second-order valence-corrected chi connectivity index (χ2v) is 5.76. The molecule has 0 saturated heterocycles. The number of nitrogens with zero attached hydrogens (tertiary/aromatic N) is 1. The lowest BCUT2D eigenvalue weighted by molar-refractivity contribution is -0.122. The fraction of sp³-hybridized carbons (Fsp3) is 0.278. The molecule has 1 aromatic heterocycles. The number of amides is 2. The van der Waals surface area contributed by atoms with Crippen LogP contribution < -0.4 is 10.6 Å². The van der Waals surface area contributed by atoms with Gasteiger partial charge in [0.15, 0.2) is 5.76 Å². The Labute approximate surface area is 139 Å². The van der Waals surface area contributed by atoms with E-state index in [2.05, 4.69) is 16.7 Å². The van der Waals surface area contributed by atoms with Crippen LogP contribution in [0, 0.1) is 17.2 Å². The van der Waals surface area contributed by atoms with E-state index >= 15 is 0 Å². The zero-order chi connectivity index (χ0) is 17.1. The molecule has 2 amide bonds. The number of carbonyl (C=O) groups is 2. The number of nitriles is 1. The van der Waals surface area contributed by atoms with E-state index in [0.29, 0.717) is 11.3 Å². The minimum atomic E-state index is -0.522. The van der Waals surface area contributed by atoms with E-state index in [1.165, 1.54) is 0 Å². The monoisotopic (exact) mass is 323 g/mol. The maximum atomic E-state index is 12.3. The van der Waals surface area contributed by atoms with Crippen molar-refractivity contribution in [1.29, 1.82) is 5.26 Å². The third-order valence-corrected chi connectivity index (χ3v) is 4.04. The van der Waals surface area contributed by atoms with Crippen LogP contribution in [-0.4, -0.2) is 24.9 Å². The van der Waals surface area contributed by atoms with Crippen LogP contribution in [0.5, 0.6) is 0 Å². The first-order valence-corrected chi connectivity index (χ1v) is 7.75.